The summed E-state index contributed by atoms with van der Waals surface area (Å²) >= 11 is 0. The fraction of sp³-hybridized carbons (Fsp3) is 0.300. The highest BCUT2D eigenvalue weighted by molar-refractivity contribution is 5.93. The van der Waals surface area contributed by atoms with Gasteiger partial charge in [0.1, 0.15) is 0 Å². The number of nitrogens with zero attached hydrogens (tertiary/aromatic N) is 1. The quantitative estimate of drug-likeness (QED) is 0.660. The van der Waals surface area contributed by atoms with Gasteiger partial charge < -0.3 is 9.88 Å². The Hall–Kier alpha value is -1.69. The lowest BCUT2D eigenvalue weighted by atomic mass is 10.4. The van der Waals surface area contributed by atoms with Crippen molar-refractivity contribution in [1.82, 2.24) is 9.88 Å². The molecule has 0 aromatic carbocycles. The third kappa shape index (κ3) is 2.68. The predicted molar refractivity (Wildman–Crippen MR) is 50.7 cm³/mol. The molecular formula is C10H12N2O. The van der Waals surface area contributed by atoms with Crippen LogP contribution in [0.3, 0.4) is 0 Å². The topological polar surface area (TPSA) is 34.0 Å². The number of hydrogen-bond donors (Lipinski definition) is 1. The molecule has 0 radical (unpaired) electrons. The second-order valence-corrected chi connectivity index (χ2v) is 2.67. The van der Waals surface area contributed by atoms with E-state index in [9.17, 15) is 4.79 Å². The first-order chi connectivity index (χ1) is 6.24. The summed E-state index contributed by atoms with van der Waals surface area (Å²) in [4.78, 5) is 11.0. The third-order valence-corrected chi connectivity index (χ3v) is 1.72. The van der Waals surface area contributed by atoms with E-state index in [1.165, 1.54) is 0 Å². The van der Waals surface area contributed by atoms with Gasteiger partial charge in [-0.05, 0) is 25.0 Å². The second-order valence-electron chi connectivity index (χ2n) is 2.67. The molecule has 0 saturated carbocycles. The fourth-order valence-electron chi connectivity index (χ4n) is 1.01. The molecule has 3 heteroatoms. The average molecular weight is 176 g/mol. The van der Waals surface area contributed by atoms with Crippen molar-refractivity contribution < 1.29 is 4.79 Å². The molecule has 13 heavy (non-hydrogen) atoms. The Bertz CT molecular complexity index is 354. The smallest absolute Gasteiger partial charge is 0.296 e. The van der Waals surface area contributed by atoms with Gasteiger partial charge >= 0.3 is 0 Å². The van der Waals surface area contributed by atoms with Gasteiger partial charge in [-0.2, -0.15) is 0 Å². The van der Waals surface area contributed by atoms with Crippen molar-refractivity contribution in [3.05, 3.63) is 24.0 Å². The van der Waals surface area contributed by atoms with Crippen LogP contribution in [0.1, 0.15) is 12.6 Å². The van der Waals surface area contributed by atoms with E-state index in [1.807, 2.05) is 29.9 Å². The second kappa shape index (κ2) is 4.36. The van der Waals surface area contributed by atoms with Crippen LogP contribution in [0.2, 0.25) is 0 Å². The van der Waals surface area contributed by atoms with Gasteiger partial charge in [0.25, 0.3) is 5.91 Å². The molecule has 0 aliphatic rings. The van der Waals surface area contributed by atoms with Gasteiger partial charge in [0, 0.05) is 18.9 Å². The van der Waals surface area contributed by atoms with Gasteiger partial charge in [-0.15, -0.1) is 0 Å². The molecule has 1 N–H and O–H groups in total. The van der Waals surface area contributed by atoms with Crippen LogP contribution in [-0.4, -0.2) is 10.5 Å². The zero-order valence-electron chi connectivity index (χ0n) is 7.79. The molecule has 0 unspecified atom stereocenters. The molecule has 1 rings (SSSR count). The van der Waals surface area contributed by atoms with Gasteiger partial charge in [0.05, 0.1) is 6.54 Å². The summed E-state index contributed by atoms with van der Waals surface area (Å²) in [6, 6.07) is 3.90. The van der Waals surface area contributed by atoms with E-state index in [-0.39, 0.29) is 5.91 Å². The molecule has 68 valence electrons. The number of amides is 1. The van der Waals surface area contributed by atoms with Crippen molar-refractivity contribution in [2.45, 2.75) is 13.5 Å². The van der Waals surface area contributed by atoms with Crippen molar-refractivity contribution >= 4 is 5.91 Å². The number of hydrogen-bond acceptors (Lipinski definition) is 1. The number of nitrogens with one attached hydrogen (secondary N) is 1. The standard InChI is InChI=1S/C10H12N2O/c1-3-5-10(13)11-8-9-6-4-7-12(9)2/h4,6-7H,8H2,1-2H3,(H,11,13). The molecule has 0 aliphatic carbocycles. The van der Waals surface area contributed by atoms with Gasteiger partial charge in [0.15, 0.2) is 0 Å². The summed E-state index contributed by atoms with van der Waals surface area (Å²) in [5.41, 5.74) is 1.06. The predicted octanol–water partition coefficient (Wildman–Crippen LogP) is 0.665. The Morgan fingerprint density at radius 2 is 2.46 bits per heavy atom. The minimum Gasteiger partial charge on any atom is -0.353 e. The summed E-state index contributed by atoms with van der Waals surface area (Å²) in [5, 5.41) is 2.69. The van der Waals surface area contributed by atoms with Crippen LogP contribution < -0.4 is 5.32 Å². The SMILES string of the molecule is CC#CC(=O)NCc1cccn1C. The Labute approximate surface area is 77.8 Å². The van der Waals surface area contributed by atoms with E-state index in [2.05, 4.69) is 17.2 Å². The summed E-state index contributed by atoms with van der Waals surface area (Å²) in [6.45, 7) is 2.17. The summed E-state index contributed by atoms with van der Waals surface area (Å²) < 4.78 is 1.96. The van der Waals surface area contributed by atoms with E-state index >= 15 is 0 Å². The van der Waals surface area contributed by atoms with Crippen molar-refractivity contribution in [1.29, 1.82) is 0 Å². The first kappa shape index (κ1) is 9.40. The lowest BCUT2D eigenvalue weighted by Gasteiger charge is -2.02. The number of carbonyl (C=O) groups is 1. The first-order valence-corrected chi connectivity index (χ1v) is 4.05. The minimum absolute atomic E-state index is 0.233. The zero-order valence-corrected chi connectivity index (χ0v) is 7.79. The highest BCUT2D eigenvalue weighted by atomic mass is 16.1. The normalized spacial score (nSPS) is 8.77. The lowest BCUT2D eigenvalue weighted by Crippen LogP contribution is -2.21. The molecule has 0 spiro atoms. The highest BCUT2D eigenvalue weighted by Gasteiger charge is 1.98. The number of rotatable bonds is 2. The molecule has 1 amide bonds. The van der Waals surface area contributed by atoms with E-state index < -0.39 is 0 Å². The Morgan fingerprint density at radius 3 is 3.00 bits per heavy atom. The third-order valence-electron chi connectivity index (χ3n) is 1.72. The average Bonchev–Trinajstić information content (AvgIpc) is 2.48. The van der Waals surface area contributed by atoms with E-state index in [0.29, 0.717) is 6.54 Å². The lowest BCUT2D eigenvalue weighted by molar-refractivity contribution is -0.115. The zero-order chi connectivity index (χ0) is 9.68. The Balaban J connectivity index is 2.47. The van der Waals surface area contributed by atoms with Crippen molar-refractivity contribution in [3.8, 4) is 11.8 Å². The maximum Gasteiger partial charge on any atom is 0.296 e. The molecular weight excluding hydrogens is 164 g/mol. The number of aromatic nitrogens is 1. The molecule has 0 fully saturated rings. The van der Waals surface area contributed by atoms with E-state index in [0.717, 1.165) is 5.69 Å². The number of aryl methyl sites for hydroxylation is 1. The maximum atomic E-state index is 11.0. The maximum absolute atomic E-state index is 11.0. The molecule has 1 heterocycles. The van der Waals surface area contributed by atoms with Crippen LogP contribution >= 0.6 is 0 Å². The molecule has 0 bridgehead atoms. The van der Waals surface area contributed by atoms with Crippen LogP contribution in [-0.2, 0) is 18.4 Å². The van der Waals surface area contributed by atoms with Crippen molar-refractivity contribution in [3.63, 3.8) is 0 Å². The van der Waals surface area contributed by atoms with Gasteiger partial charge in [-0.25, -0.2) is 0 Å². The van der Waals surface area contributed by atoms with E-state index in [1.54, 1.807) is 6.92 Å². The van der Waals surface area contributed by atoms with Crippen LogP contribution in [0.4, 0.5) is 0 Å². The molecule has 0 atom stereocenters. The molecule has 1 aromatic rings. The molecule has 3 nitrogen and oxygen atoms in total. The van der Waals surface area contributed by atoms with Gasteiger partial charge in [-0.1, -0.05) is 5.92 Å². The van der Waals surface area contributed by atoms with Crippen LogP contribution in [0, 0.1) is 11.8 Å². The molecule has 0 aliphatic heterocycles. The Morgan fingerprint density at radius 1 is 1.69 bits per heavy atom. The minimum atomic E-state index is -0.233. The van der Waals surface area contributed by atoms with Crippen molar-refractivity contribution in [2.24, 2.45) is 7.05 Å². The first-order valence-electron chi connectivity index (χ1n) is 4.05. The number of carbonyl (C=O) groups excluding carboxylic acids is 1. The van der Waals surface area contributed by atoms with Gasteiger partial charge in [-0.3, -0.25) is 4.79 Å². The van der Waals surface area contributed by atoms with E-state index in [4.69, 9.17) is 0 Å². The van der Waals surface area contributed by atoms with Crippen LogP contribution in [0.5, 0.6) is 0 Å². The largest absolute Gasteiger partial charge is 0.353 e. The Kier molecular flexibility index (Phi) is 3.15. The molecule has 0 saturated heterocycles. The summed E-state index contributed by atoms with van der Waals surface area (Å²) in [6.07, 6.45) is 1.94. The summed E-state index contributed by atoms with van der Waals surface area (Å²) in [5.74, 6) is 4.73. The monoisotopic (exact) mass is 176 g/mol. The highest BCUT2D eigenvalue weighted by Crippen LogP contribution is 1.97. The van der Waals surface area contributed by atoms with Crippen molar-refractivity contribution in [2.75, 3.05) is 0 Å². The van der Waals surface area contributed by atoms with Crippen LogP contribution in [0.25, 0.3) is 0 Å². The molecule has 1 aromatic heterocycles. The van der Waals surface area contributed by atoms with Gasteiger partial charge in [0.2, 0.25) is 0 Å². The summed E-state index contributed by atoms with van der Waals surface area (Å²) in [7, 11) is 1.94. The fourth-order valence-corrected chi connectivity index (χ4v) is 1.01. The van der Waals surface area contributed by atoms with Crippen LogP contribution in [0.15, 0.2) is 18.3 Å².